The van der Waals surface area contributed by atoms with Crippen LogP contribution < -0.4 is 9.64 Å². The van der Waals surface area contributed by atoms with E-state index in [0.717, 1.165) is 34.9 Å². The van der Waals surface area contributed by atoms with Crippen LogP contribution >= 0.6 is 67.8 Å². The Bertz CT molecular complexity index is 887. The number of benzene rings is 1. The van der Waals surface area contributed by atoms with E-state index >= 15 is 0 Å². The highest BCUT2D eigenvalue weighted by molar-refractivity contribution is 14.1. The van der Waals surface area contributed by atoms with Gasteiger partial charge in [-0.3, -0.25) is 9.59 Å². The van der Waals surface area contributed by atoms with Crippen molar-refractivity contribution in [2.24, 2.45) is 5.92 Å². The van der Waals surface area contributed by atoms with Gasteiger partial charge in [0.2, 0.25) is 0 Å². The molecule has 10 heteroatoms. The van der Waals surface area contributed by atoms with E-state index in [-0.39, 0.29) is 24.9 Å². The molecule has 190 valence electrons. The van der Waals surface area contributed by atoms with Crippen molar-refractivity contribution < 1.29 is 33.5 Å². The molecule has 1 N–H and O–H groups in total. The maximum absolute atomic E-state index is 12.5. The lowest BCUT2D eigenvalue weighted by Gasteiger charge is -2.38. The number of nitrogens with one attached hydrogen (secondary N) is 1. The smallest absolute Gasteiger partial charge is 0.459 e. The SMILES string of the molecule is CCC(C)(C)OC(=O)[NH+]1CCC(C(C)(C)OC(=O)CCC(=O)Oc2c(I)cc(I)cc2I)CC1. The third kappa shape index (κ3) is 9.02. The van der Waals surface area contributed by atoms with Gasteiger partial charge in [-0.1, -0.05) is 6.92 Å². The number of likely N-dealkylation sites (tertiary alicyclic amines) is 1. The number of amides is 1. The van der Waals surface area contributed by atoms with Crippen molar-refractivity contribution in [1.82, 2.24) is 0 Å². The van der Waals surface area contributed by atoms with Gasteiger partial charge in [0.25, 0.3) is 0 Å². The molecule has 0 saturated carbocycles. The Hall–Kier alpha value is -0.220. The topological polar surface area (TPSA) is 83.3 Å². The first-order valence-corrected chi connectivity index (χ1v) is 14.6. The van der Waals surface area contributed by atoms with Gasteiger partial charge in [-0.05, 0) is 114 Å². The third-order valence-electron chi connectivity index (χ3n) is 6.17. The predicted molar refractivity (Wildman–Crippen MR) is 154 cm³/mol. The molecule has 0 unspecified atom stereocenters. The van der Waals surface area contributed by atoms with Gasteiger partial charge >= 0.3 is 18.0 Å². The van der Waals surface area contributed by atoms with E-state index in [2.05, 4.69) is 67.8 Å². The Balaban J connectivity index is 1.81. The fourth-order valence-electron chi connectivity index (χ4n) is 3.68. The summed E-state index contributed by atoms with van der Waals surface area (Å²) in [5.74, 6) is -0.227. The zero-order valence-electron chi connectivity index (χ0n) is 20.3. The van der Waals surface area contributed by atoms with Crippen molar-refractivity contribution in [2.45, 2.75) is 77.9 Å². The van der Waals surface area contributed by atoms with Crippen LogP contribution in [0.15, 0.2) is 12.1 Å². The average molecular weight is 812 g/mol. The minimum absolute atomic E-state index is 0.0394. The second kappa shape index (κ2) is 12.8. The molecule has 0 atom stereocenters. The fourth-order valence-corrected chi connectivity index (χ4v) is 7.49. The maximum Gasteiger partial charge on any atom is 0.514 e. The molecular weight excluding hydrogens is 779 g/mol. The number of esters is 2. The van der Waals surface area contributed by atoms with E-state index < -0.39 is 23.1 Å². The number of piperidine rings is 1. The molecule has 0 bridgehead atoms. The zero-order valence-corrected chi connectivity index (χ0v) is 26.7. The minimum atomic E-state index is -0.681. The van der Waals surface area contributed by atoms with Crippen LogP contribution in [-0.2, 0) is 19.1 Å². The molecule has 1 aromatic carbocycles. The molecule has 7 nitrogen and oxygen atoms in total. The summed E-state index contributed by atoms with van der Waals surface area (Å²) in [4.78, 5) is 38.1. The van der Waals surface area contributed by atoms with Gasteiger partial charge in [-0.2, -0.15) is 4.79 Å². The normalized spacial score (nSPS) is 18.8. The lowest BCUT2D eigenvalue weighted by molar-refractivity contribution is -0.832. The maximum atomic E-state index is 12.5. The van der Waals surface area contributed by atoms with Gasteiger partial charge in [0.15, 0.2) is 5.75 Å². The molecular formula is C24H33I3NO6+. The number of carbonyl (C=O) groups is 3. The summed E-state index contributed by atoms with van der Waals surface area (Å²) in [5, 5.41) is 0. The highest BCUT2D eigenvalue weighted by Gasteiger charge is 2.40. The van der Waals surface area contributed by atoms with Crippen molar-refractivity contribution in [3.63, 3.8) is 0 Å². The van der Waals surface area contributed by atoms with E-state index in [9.17, 15) is 14.4 Å². The summed E-state index contributed by atoms with van der Waals surface area (Å²) in [5.41, 5.74) is -1.15. The van der Waals surface area contributed by atoms with Crippen LogP contribution in [0.25, 0.3) is 0 Å². The van der Waals surface area contributed by atoms with Crippen LogP contribution in [0.2, 0.25) is 0 Å². The van der Waals surface area contributed by atoms with Crippen LogP contribution in [0.3, 0.4) is 0 Å². The molecule has 1 fully saturated rings. The number of halogens is 3. The highest BCUT2D eigenvalue weighted by atomic mass is 127. The van der Waals surface area contributed by atoms with E-state index in [1.807, 2.05) is 46.8 Å². The van der Waals surface area contributed by atoms with Gasteiger partial charge in [-0.15, -0.1) is 0 Å². The number of alkyl carbamates (subject to hydrolysis) is 2. The second-order valence-corrected chi connectivity index (χ2v) is 13.2. The first-order chi connectivity index (χ1) is 15.7. The molecule has 0 aliphatic carbocycles. The molecule has 1 heterocycles. The van der Waals surface area contributed by atoms with Crippen molar-refractivity contribution in [1.29, 1.82) is 0 Å². The fraction of sp³-hybridized carbons (Fsp3) is 0.625. The molecule has 0 spiro atoms. The van der Waals surface area contributed by atoms with Crippen molar-refractivity contribution in [3.05, 3.63) is 22.8 Å². The predicted octanol–water partition coefficient (Wildman–Crippen LogP) is 5.13. The number of carbonyl (C=O) groups excluding carboxylic acids is 3. The number of quaternary nitrogens is 1. The van der Waals surface area contributed by atoms with Crippen LogP contribution in [-0.4, -0.2) is 42.3 Å². The molecule has 0 aromatic heterocycles. The standard InChI is InChI=1S/C24H32I3NO6/c1-6-23(2,3)34-22(31)28-11-9-15(10-12-28)24(4,5)33-20(30)8-7-19(29)32-21-17(26)13-16(25)14-18(21)27/h13-15H,6-12H2,1-5H3/p+1. The lowest BCUT2D eigenvalue weighted by atomic mass is 9.83. The highest BCUT2D eigenvalue weighted by Crippen LogP contribution is 2.31. The number of hydrogen-bond donors (Lipinski definition) is 1. The summed E-state index contributed by atoms with van der Waals surface area (Å²) in [7, 11) is 0. The van der Waals surface area contributed by atoms with Crippen LogP contribution in [0, 0.1) is 16.6 Å². The molecule has 1 aliphatic rings. The summed E-state index contributed by atoms with van der Waals surface area (Å²) >= 11 is 6.48. The quantitative estimate of drug-likeness (QED) is 0.223. The van der Waals surface area contributed by atoms with Crippen LogP contribution in [0.5, 0.6) is 5.75 Å². The molecule has 1 aromatic rings. The van der Waals surface area contributed by atoms with E-state index in [0.29, 0.717) is 18.8 Å². The summed E-state index contributed by atoms with van der Waals surface area (Å²) in [6.07, 6.45) is 1.97. The van der Waals surface area contributed by atoms with Crippen LogP contribution in [0.1, 0.15) is 66.7 Å². The molecule has 1 saturated heterocycles. The second-order valence-electron chi connectivity index (χ2n) is 9.63. The Morgan fingerprint density at radius 1 is 0.941 bits per heavy atom. The monoisotopic (exact) mass is 812 g/mol. The number of ether oxygens (including phenoxy) is 3. The largest absolute Gasteiger partial charge is 0.514 e. The van der Waals surface area contributed by atoms with Gasteiger partial charge in [0.1, 0.15) is 11.2 Å². The van der Waals surface area contributed by atoms with E-state index in [4.69, 9.17) is 14.2 Å². The lowest BCUT2D eigenvalue weighted by Crippen LogP contribution is -3.16. The summed E-state index contributed by atoms with van der Waals surface area (Å²) < 4.78 is 19.6. The van der Waals surface area contributed by atoms with E-state index in [1.165, 1.54) is 0 Å². The van der Waals surface area contributed by atoms with Gasteiger partial charge in [-0.25, -0.2) is 4.90 Å². The van der Waals surface area contributed by atoms with Crippen molar-refractivity contribution >= 4 is 85.8 Å². The first kappa shape index (κ1) is 30.0. The minimum Gasteiger partial charge on any atom is -0.459 e. The Morgan fingerprint density at radius 3 is 2.00 bits per heavy atom. The number of hydrogen-bond acceptors (Lipinski definition) is 6. The molecule has 2 rings (SSSR count). The molecule has 34 heavy (non-hydrogen) atoms. The Labute approximate surface area is 242 Å². The molecule has 0 radical (unpaired) electrons. The number of rotatable bonds is 8. The average Bonchev–Trinajstić information content (AvgIpc) is 2.74. The third-order valence-corrected chi connectivity index (χ3v) is 8.40. The first-order valence-electron chi connectivity index (χ1n) is 11.4. The zero-order chi connectivity index (χ0) is 25.7. The van der Waals surface area contributed by atoms with Crippen molar-refractivity contribution in [2.75, 3.05) is 13.1 Å². The summed E-state index contributed by atoms with van der Waals surface area (Å²) in [6.45, 7) is 10.9. The van der Waals surface area contributed by atoms with Gasteiger partial charge < -0.3 is 14.2 Å². The van der Waals surface area contributed by atoms with Gasteiger partial charge in [0, 0.05) is 22.3 Å². The Kier molecular flexibility index (Phi) is 11.3. The molecule has 1 amide bonds. The van der Waals surface area contributed by atoms with Crippen LogP contribution in [0.4, 0.5) is 4.79 Å². The van der Waals surface area contributed by atoms with Crippen molar-refractivity contribution in [3.8, 4) is 5.75 Å². The van der Waals surface area contributed by atoms with E-state index in [1.54, 1.807) is 0 Å². The summed E-state index contributed by atoms with van der Waals surface area (Å²) in [6, 6.07) is 3.86. The Morgan fingerprint density at radius 2 is 1.47 bits per heavy atom. The van der Waals surface area contributed by atoms with Gasteiger partial charge in [0.05, 0.1) is 33.1 Å². The molecule has 1 aliphatic heterocycles.